The number of nitrogens with two attached hydrogens (primary N) is 1. The summed E-state index contributed by atoms with van der Waals surface area (Å²) in [5.74, 6) is -1.33. The molecule has 19 heavy (non-hydrogen) atoms. The molecule has 0 aliphatic heterocycles. The van der Waals surface area contributed by atoms with Gasteiger partial charge >= 0.3 is 0 Å². The summed E-state index contributed by atoms with van der Waals surface area (Å²) in [7, 11) is 0. The van der Waals surface area contributed by atoms with Gasteiger partial charge in [0.2, 0.25) is 5.91 Å². The Morgan fingerprint density at radius 3 is 2.68 bits per heavy atom. The van der Waals surface area contributed by atoms with E-state index in [1.54, 1.807) is 0 Å². The predicted molar refractivity (Wildman–Crippen MR) is 68.4 cm³/mol. The standard InChI is InChI=1S/C14H18F2N2O/c15-11-3-1-10(12(16)7-11)2-4-13(19)18-9-14(8-17)5-6-14/h1,3,7H,2,4-6,8-9,17H2,(H,18,19). The largest absolute Gasteiger partial charge is 0.355 e. The Morgan fingerprint density at radius 1 is 1.37 bits per heavy atom. The zero-order valence-corrected chi connectivity index (χ0v) is 10.7. The molecule has 1 saturated carbocycles. The van der Waals surface area contributed by atoms with Crippen molar-refractivity contribution in [3.8, 4) is 0 Å². The SMILES string of the molecule is NCC1(CNC(=O)CCc2ccc(F)cc2F)CC1. The number of amides is 1. The minimum atomic E-state index is -0.607. The van der Waals surface area contributed by atoms with Crippen LogP contribution < -0.4 is 11.1 Å². The van der Waals surface area contributed by atoms with Crippen molar-refractivity contribution in [1.82, 2.24) is 5.32 Å². The lowest BCUT2D eigenvalue weighted by Crippen LogP contribution is -2.34. The van der Waals surface area contributed by atoms with Crippen molar-refractivity contribution in [3.05, 3.63) is 35.4 Å². The summed E-state index contributed by atoms with van der Waals surface area (Å²) in [4.78, 5) is 11.6. The topological polar surface area (TPSA) is 55.1 Å². The van der Waals surface area contributed by atoms with Crippen LogP contribution in [0.4, 0.5) is 8.78 Å². The molecule has 1 fully saturated rings. The van der Waals surface area contributed by atoms with Crippen LogP contribution in [-0.4, -0.2) is 19.0 Å². The third-order valence-electron chi connectivity index (χ3n) is 3.69. The first-order chi connectivity index (χ1) is 9.04. The Labute approximate surface area is 111 Å². The zero-order chi connectivity index (χ0) is 13.9. The molecule has 104 valence electrons. The van der Waals surface area contributed by atoms with Gasteiger partial charge in [-0.2, -0.15) is 0 Å². The van der Waals surface area contributed by atoms with Gasteiger partial charge in [0.25, 0.3) is 0 Å². The van der Waals surface area contributed by atoms with Gasteiger partial charge in [-0.05, 0) is 42.9 Å². The molecule has 3 nitrogen and oxygen atoms in total. The Kier molecular flexibility index (Phi) is 4.14. The third-order valence-corrected chi connectivity index (χ3v) is 3.69. The normalized spacial score (nSPS) is 16.2. The molecule has 2 rings (SSSR count). The van der Waals surface area contributed by atoms with Crippen molar-refractivity contribution < 1.29 is 13.6 Å². The number of rotatable bonds is 6. The second-order valence-electron chi connectivity index (χ2n) is 5.22. The van der Waals surface area contributed by atoms with Crippen molar-refractivity contribution in [1.29, 1.82) is 0 Å². The maximum atomic E-state index is 13.4. The van der Waals surface area contributed by atoms with E-state index in [4.69, 9.17) is 5.73 Å². The Morgan fingerprint density at radius 2 is 2.11 bits per heavy atom. The van der Waals surface area contributed by atoms with Crippen LogP contribution in [0.5, 0.6) is 0 Å². The Hall–Kier alpha value is -1.49. The number of halogens is 2. The fourth-order valence-electron chi connectivity index (χ4n) is 1.98. The lowest BCUT2D eigenvalue weighted by molar-refractivity contribution is -0.121. The van der Waals surface area contributed by atoms with Crippen LogP contribution in [0.3, 0.4) is 0 Å². The van der Waals surface area contributed by atoms with Gasteiger partial charge in [0.15, 0.2) is 0 Å². The van der Waals surface area contributed by atoms with Crippen LogP contribution in [0.1, 0.15) is 24.8 Å². The molecule has 1 aliphatic rings. The lowest BCUT2D eigenvalue weighted by atomic mass is 10.1. The summed E-state index contributed by atoms with van der Waals surface area (Å²) in [6.07, 6.45) is 2.57. The van der Waals surface area contributed by atoms with Gasteiger partial charge in [0.1, 0.15) is 11.6 Å². The summed E-state index contributed by atoms with van der Waals surface area (Å²) in [6, 6.07) is 3.41. The molecule has 0 radical (unpaired) electrons. The molecule has 0 aromatic heterocycles. The summed E-state index contributed by atoms with van der Waals surface area (Å²) in [6.45, 7) is 1.17. The van der Waals surface area contributed by atoms with E-state index in [1.165, 1.54) is 12.1 Å². The molecule has 1 amide bonds. The molecule has 0 heterocycles. The van der Waals surface area contributed by atoms with Gasteiger partial charge in [-0.1, -0.05) is 6.07 Å². The summed E-state index contributed by atoms with van der Waals surface area (Å²) >= 11 is 0. The number of aryl methyl sites for hydroxylation is 1. The van der Waals surface area contributed by atoms with Gasteiger partial charge in [-0.15, -0.1) is 0 Å². The highest BCUT2D eigenvalue weighted by Gasteiger charge is 2.41. The van der Waals surface area contributed by atoms with Crippen molar-refractivity contribution in [3.63, 3.8) is 0 Å². The highest BCUT2D eigenvalue weighted by atomic mass is 19.1. The first-order valence-electron chi connectivity index (χ1n) is 6.45. The van der Waals surface area contributed by atoms with Gasteiger partial charge in [-0.3, -0.25) is 4.79 Å². The average molecular weight is 268 g/mol. The fraction of sp³-hybridized carbons (Fsp3) is 0.500. The lowest BCUT2D eigenvalue weighted by Gasteiger charge is -2.13. The smallest absolute Gasteiger partial charge is 0.220 e. The number of hydrogen-bond donors (Lipinski definition) is 2. The maximum absolute atomic E-state index is 13.4. The molecule has 0 bridgehead atoms. The van der Waals surface area contributed by atoms with Crippen LogP contribution in [0.15, 0.2) is 18.2 Å². The number of carbonyl (C=O) groups is 1. The summed E-state index contributed by atoms with van der Waals surface area (Å²) in [5, 5.41) is 2.82. The van der Waals surface area contributed by atoms with E-state index < -0.39 is 11.6 Å². The van der Waals surface area contributed by atoms with E-state index in [-0.39, 0.29) is 24.2 Å². The van der Waals surface area contributed by atoms with Crippen molar-refractivity contribution in [2.24, 2.45) is 11.1 Å². The Balaban J connectivity index is 1.77. The van der Waals surface area contributed by atoms with Gasteiger partial charge < -0.3 is 11.1 Å². The molecule has 5 heteroatoms. The first kappa shape index (κ1) is 13.9. The molecule has 0 saturated heterocycles. The molecule has 3 N–H and O–H groups in total. The second-order valence-corrected chi connectivity index (χ2v) is 5.22. The van der Waals surface area contributed by atoms with Crippen LogP contribution >= 0.6 is 0 Å². The highest BCUT2D eigenvalue weighted by molar-refractivity contribution is 5.76. The van der Waals surface area contributed by atoms with E-state index >= 15 is 0 Å². The predicted octanol–water partition coefficient (Wildman–Crippen LogP) is 1.75. The van der Waals surface area contributed by atoms with Crippen molar-refractivity contribution in [2.45, 2.75) is 25.7 Å². The van der Waals surface area contributed by atoms with E-state index in [0.717, 1.165) is 18.9 Å². The third kappa shape index (κ3) is 3.73. The molecule has 0 spiro atoms. The maximum Gasteiger partial charge on any atom is 0.220 e. The zero-order valence-electron chi connectivity index (χ0n) is 10.7. The average Bonchev–Trinajstić information content (AvgIpc) is 3.16. The molecule has 1 aromatic carbocycles. The van der Waals surface area contributed by atoms with Crippen LogP contribution in [0.25, 0.3) is 0 Å². The molecule has 0 atom stereocenters. The number of nitrogens with one attached hydrogen (secondary N) is 1. The van der Waals surface area contributed by atoms with E-state index in [1.807, 2.05) is 0 Å². The van der Waals surface area contributed by atoms with Crippen LogP contribution in [-0.2, 0) is 11.2 Å². The number of hydrogen-bond acceptors (Lipinski definition) is 2. The minimum Gasteiger partial charge on any atom is -0.355 e. The van der Waals surface area contributed by atoms with Crippen LogP contribution in [0.2, 0.25) is 0 Å². The van der Waals surface area contributed by atoms with Gasteiger partial charge in [0, 0.05) is 19.0 Å². The fourth-order valence-corrected chi connectivity index (χ4v) is 1.98. The summed E-state index contributed by atoms with van der Waals surface area (Å²) in [5.41, 5.74) is 6.07. The molecule has 0 unspecified atom stereocenters. The van der Waals surface area contributed by atoms with Crippen molar-refractivity contribution >= 4 is 5.91 Å². The Bertz CT molecular complexity index is 473. The monoisotopic (exact) mass is 268 g/mol. The number of carbonyl (C=O) groups excluding carboxylic acids is 1. The van der Waals surface area contributed by atoms with Crippen molar-refractivity contribution in [2.75, 3.05) is 13.1 Å². The number of benzene rings is 1. The minimum absolute atomic E-state index is 0.0940. The summed E-state index contributed by atoms with van der Waals surface area (Å²) < 4.78 is 26.1. The highest BCUT2D eigenvalue weighted by Crippen LogP contribution is 2.43. The second kappa shape index (κ2) is 5.65. The quantitative estimate of drug-likeness (QED) is 0.826. The first-order valence-corrected chi connectivity index (χ1v) is 6.45. The molecular weight excluding hydrogens is 250 g/mol. The van der Waals surface area contributed by atoms with E-state index in [0.29, 0.717) is 18.7 Å². The molecular formula is C14H18F2N2O. The van der Waals surface area contributed by atoms with E-state index in [9.17, 15) is 13.6 Å². The van der Waals surface area contributed by atoms with Gasteiger partial charge in [-0.25, -0.2) is 8.78 Å². The van der Waals surface area contributed by atoms with Crippen LogP contribution in [0, 0.1) is 17.0 Å². The molecule has 1 aromatic rings. The van der Waals surface area contributed by atoms with Gasteiger partial charge in [0.05, 0.1) is 0 Å². The van der Waals surface area contributed by atoms with E-state index in [2.05, 4.69) is 5.32 Å². The molecule has 1 aliphatic carbocycles.